The third-order valence-electron chi connectivity index (χ3n) is 4.66. The summed E-state index contributed by atoms with van der Waals surface area (Å²) in [6, 6.07) is 4.15. The molecule has 0 unspecified atom stereocenters. The summed E-state index contributed by atoms with van der Waals surface area (Å²) in [5.74, 6) is 0.977. The van der Waals surface area contributed by atoms with E-state index in [0.29, 0.717) is 13.2 Å². The fourth-order valence-corrected chi connectivity index (χ4v) is 4.16. The maximum absolute atomic E-state index is 6.14. The monoisotopic (exact) mass is 343 g/mol. The Hall–Kier alpha value is -2.03. The molecule has 5 rings (SSSR count). The van der Waals surface area contributed by atoms with Crippen LogP contribution in [-0.2, 0) is 9.47 Å². The SMILES string of the molecule is c1cnn(C2CO[C@H]3CN(c4ncnc5sccc45)C[C@@H]3OC2)c1. The van der Waals surface area contributed by atoms with E-state index < -0.39 is 0 Å². The first-order valence-electron chi connectivity index (χ1n) is 8.04. The molecule has 2 atom stereocenters. The minimum atomic E-state index is 0.0641. The van der Waals surface area contributed by atoms with Crippen molar-refractivity contribution in [3.63, 3.8) is 0 Å². The molecule has 7 nitrogen and oxygen atoms in total. The first kappa shape index (κ1) is 14.3. The number of nitrogens with zero attached hydrogens (tertiary/aromatic N) is 5. The van der Waals surface area contributed by atoms with Crippen LogP contribution in [0.4, 0.5) is 5.82 Å². The second-order valence-corrected chi connectivity index (χ2v) is 7.02. The molecule has 3 aromatic heterocycles. The molecule has 24 heavy (non-hydrogen) atoms. The standard InChI is InChI=1S/C16H17N5O2S/c1-3-19-21(4-1)11-8-22-13-6-20(7-14(13)23-9-11)15-12-2-5-24-16(12)18-10-17-15/h1-5,10-11,13-14H,6-9H2/t13-,14-/m0/s1. The van der Waals surface area contributed by atoms with Gasteiger partial charge in [-0.2, -0.15) is 5.10 Å². The number of thiophene rings is 1. The highest BCUT2D eigenvalue weighted by atomic mass is 32.1. The predicted octanol–water partition coefficient (Wildman–Crippen LogP) is 1.73. The molecule has 0 aromatic carbocycles. The second-order valence-electron chi connectivity index (χ2n) is 6.13. The van der Waals surface area contributed by atoms with Crippen molar-refractivity contribution in [1.29, 1.82) is 0 Å². The zero-order valence-electron chi connectivity index (χ0n) is 13.0. The van der Waals surface area contributed by atoms with Crippen molar-refractivity contribution in [2.24, 2.45) is 0 Å². The summed E-state index contributed by atoms with van der Waals surface area (Å²) < 4.78 is 14.2. The Morgan fingerprint density at radius 1 is 1.12 bits per heavy atom. The highest BCUT2D eigenvalue weighted by Gasteiger charge is 2.38. The van der Waals surface area contributed by atoms with Gasteiger partial charge in [-0.3, -0.25) is 4.68 Å². The van der Waals surface area contributed by atoms with E-state index in [0.717, 1.165) is 29.1 Å². The second kappa shape index (κ2) is 5.80. The van der Waals surface area contributed by atoms with Crippen LogP contribution in [-0.4, -0.2) is 58.3 Å². The van der Waals surface area contributed by atoms with Crippen molar-refractivity contribution < 1.29 is 9.47 Å². The summed E-state index contributed by atoms with van der Waals surface area (Å²) in [5, 5.41) is 7.46. The molecule has 124 valence electrons. The van der Waals surface area contributed by atoms with Crippen molar-refractivity contribution in [1.82, 2.24) is 19.7 Å². The average Bonchev–Trinajstić information content (AvgIpc) is 3.33. The largest absolute Gasteiger partial charge is 0.371 e. The topological polar surface area (TPSA) is 65.3 Å². The van der Waals surface area contributed by atoms with Crippen LogP contribution in [0.2, 0.25) is 0 Å². The molecular weight excluding hydrogens is 326 g/mol. The Kier molecular flexibility index (Phi) is 3.46. The van der Waals surface area contributed by atoms with E-state index in [2.05, 4.69) is 31.4 Å². The molecule has 0 bridgehead atoms. The molecular formula is C16H17N5O2S. The number of hydrogen-bond acceptors (Lipinski definition) is 7. The van der Waals surface area contributed by atoms with Gasteiger partial charge in [-0.1, -0.05) is 0 Å². The van der Waals surface area contributed by atoms with Crippen LogP contribution in [0.3, 0.4) is 0 Å². The van der Waals surface area contributed by atoms with Gasteiger partial charge >= 0.3 is 0 Å². The van der Waals surface area contributed by atoms with Crippen molar-refractivity contribution in [3.05, 3.63) is 36.2 Å². The van der Waals surface area contributed by atoms with Crippen LogP contribution in [0.15, 0.2) is 36.2 Å². The van der Waals surface area contributed by atoms with E-state index in [1.54, 1.807) is 23.9 Å². The number of rotatable bonds is 2. The predicted molar refractivity (Wildman–Crippen MR) is 90.4 cm³/mol. The minimum Gasteiger partial charge on any atom is -0.371 e. The van der Waals surface area contributed by atoms with Crippen molar-refractivity contribution in [2.75, 3.05) is 31.2 Å². The van der Waals surface area contributed by atoms with Crippen molar-refractivity contribution in [2.45, 2.75) is 18.2 Å². The average molecular weight is 343 g/mol. The summed E-state index contributed by atoms with van der Waals surface area (Å²) in [5.41, 5.74) is 0. The van der Waals surface area contributed by atoms with Gasteiger partial charge in [-0.15, -0.1) is 11.3 Å². The van der Waals surface area contributed by atoms with Gasteiger partial charge in [-0.05, 0) is 17.5 Å². The fourth-order valence-electron chi connectivity index (χ4n) is 3.43. The lowest BCUT2D eigenvalue weighted by Gasteiger charge is -2.20. The molecule has 8 heteroatoms. The van der Waals surface area contributed by atoms with Crippen LogP contribution in [0.25, 0.3) is 10.2 Å². The van der Waals surface area contributed by atoms with Gasteiger partial charge in [0.15, 0.2) is 0 Å². The molecule has 5 heterocycles. The maximum atomic E-state index is 6.14. The molecule has 2 saturated heterocycles. The van der Waals surface area contributed by atoms with Gasteiger partial charge in [0.2, 0.25) is 0 Å². The first-order chi connectivity index (χ1) is 11.9. The first-order valence-corrected chi connectivity index (χ1v) is 8.92. The molecule has 0 spiro atoms. The Morgan fingerprint density at radius 2 is 1.96 bits per heavy atom. The van der Waals surface area contributed by atoms with Crippen LogP contribution >= 0.6 is 11.3 Å². The zero-order chi connectivity index (χ0) is 15.9. The Bertz CT molecular complexity index is 820. The highest BCUT2D eigenvalue weighted by Crippen LogP contribution is 2.31. The summed E-state index contributed by atoms with van der Waals surface area (Å²) in [6.07, 6.45) is 5.51. The molecule has 0 aliphatic carbocycles. The molecule has 0 N–H and O–H groups in total. The van der Waals surface area contributed by atoms with E-state index in [-0.39, 0.29) is 18.2 Å². The van der Waals surface area contributed by atoms with E-state index in [1.807, 2.05) is 16.9 Å². The number of ether oxygens (including phenoxy) is 2. The molecule has 2 fully saturated rings. The van der Waals surface area contributed by atoms with Gasteiger partial charge in [0.05, 0.1) is 24.6 Å². The zero-order valence-corrected chi connectivity index (χ0v) is 13.8. The van der Waals surface area contributed by atoms with E-state index in [9.17, 15) is 0 Å². The quantitative estimate of drug-likeness (QED) is 0.706. The highest BCUT2D eigenvalue weighted by molar-refractivity contribution is 7.16. The summed E-state index contributed by atoms with van der Waals surface area (Å²) >= 11 is 1.64. The van der Waals surface area contributed by atoms with Crippen LogP contribution in [0.1, 0.15) is 6.04 Å². The smallest absolute Gasteiger partial charge is 0.140 e. The third-order valence-corrected chi connectivity index (χ3v) is 5.48. The lowest BCUT2D eigenvalue weighted by Crippen LogP contribution is -2.27. The van der Waals surface area contributed by atoms with Gasteiger partial charge in [0.25, 0.3) is 0 Å². The lowest BCUT2D eigenvalue weighted by atomic mass is 10.3. The third kappa shape index (κ3) is 2.38. The molecule has 2 aliphatic rings. The number of hydrogen-bond donors (Lipinski definition) is 0. The summed E-state index contributed by atoms with van der Waals surface area (Å²) in [6.45, 7) is 2.82. The lowest BCUT2D eigenvalue weighted by molar-refractivity contribution is -0.00461. The maximum Gasteiger partial charge on any atom is 0.140 e. The van der Waals surface area contributed by atoms with E-state index >= 15 is 0 Å². The van der Waals surface area contributed by atoms with Crippen LogP contribution < -0.4 is 4.90 Å². The molecule has 0 saturated carbocycles. The Morgan fingerprint density at radius 3 is 2.71 bits per heavy atom. The summed E-state index contributed by atoms with van der Waals surface area (Å²) in [4.78, 5) is 12.1. The van der Waals surface area contributed by atoms with E-state index in [4.69, 9.17) is 9.47 Å². The summed E-state index contributed by atoms with van der Waals surface area (Å²) in [7, 11) is 0. The van der Waals surface area contributed by atoms with Gasteiger partial charge < -0.3 is 14.4 Å². The van der Waals surface area contributed by atoms with Crippen molar-refractivity contribution >= 4 is 27.4 Å². The Balaban J connectivity index is 1.34. The normalized spacial score (nSPS) is 25.1. The van der Waals surface area contributed by atoms with Crippen LogP contribution in [0, 0.1) is 0 Å². The van der Waals surface area contributed by atoms with E-state index in [1.165, 1.54) is 0 Å². The van der Waals surface area contributed by atoms with Gasteiger partial charge in [-0.25, -0.2) is 9.97 Å². The minimum absolute atomic E-state index is 0.0641. The fraction of sp³-hybridized carbons (Fsp3) is 0.438. The number of fused-ring (bicyclic) bond motifs is 2. The van der Waals surface area contributed by atoms with Gasteiger partial charge in [0.1, 0.15) is 29.2 Å². The van der Waals surface area contributed by atoms with Crippen LogP contribution in [0.5, 0.6) is 0 Å². The van der Waals surface area contributed by atoms with Crippen molar-refractivity contribution in [3.8, 4) is 0 Å². The molecule has 2 aliphatic heterocycles. The Labute approximate surface area is 142 Å². The molecule has 0 radical (unpaired) electrons. The number of aromatic nitrogens is 4. The number of anilines is 1. The molecule has 0 amide bonds. The van der Waals surface area contributed by atoms with Gasteiger partial charge in [0, 0.05) is 25.5 Å². The molecule has 3 aromatic rings.